The van der Waals surface area contributed by atoms with Gasteiger partial charge in [0.15, 0.2) is 0 Å². The van der Waals surface area contributed by atoms with Gasteiger partial charge in [-0.05, 0) is 24.3 Å². The lowest BCUT2D eigenvalue weighted by atomic mass is 9.98. The van der Waals surface area contributed by atoms with Crippen molar-refractivity contribution >= 4 is 0 Å². The van der Waals surface area contributed by atoms with E-state index in [2.05, 4.69) is 30.3 Å². The molecular formula is C11H16O2. The SMILES string of the molecule is OO.c1ccc(C2CCCC2)cc1. The van der Waals surface area contributed by atoms with Gasteiger partial charge in [0.1, 0.15) is 0 Å². The first-order valence-electron chi connectivity index (χ1n) is 4.72. The summed E-state index contributed by atoms with van der Waals surface area (Å²) in [5.74, 6) is 0.871. The summed E-state index contributed by atoms with van der Waals surface area (Å²) < 4.78 is 0. The second kappa shape index (κ2) is 5.73. The van der Waals surface area contributed by atoms with E-state index in [0.717, 1.165) is 5.92 Å². The maximum atomic E-state index is 6.00. The average Bonchev–Trinajstić information content (AvgIpc) is 2.75. The Hall–Kier alpha value is -0.860. The minimum absolute atomic E-state index is 0.871. The highest BCUT2D eigenvalue weighted by molar-refractivity contribution is 5.19. The average molecular weight is 180 g/mol. The molecule has 0 aliphatic heterocycles. The van der Waals surface area contributed by atoms with Gasteiger partial charge < -0.3 is 0 Å². The van der Waals surface area contributed by atoms with E-state index in [1.165, 1.54) is 25.7 Å². The normalized spacial score (nSPS) is 16.5. The van der Waals surface area contributed by atoms with Gasteiger partial charge in [-0.1, -0.05) is 43.2 Å². The van der Waals surface area contributed by atoms with Crippen molar-refractivity contribution in [3.8, 4) is 0 Å². The first kappa shape index (κ1) is 10.2. The van der Waals surface area contributed by atoms with E-state index in [4.69, 9.17) is 10.5 Å². The Kier molecular flexibility index (Phi) is 4.50. The molecule has 1 aliphatic carbocycles. The Morgan fingerprint density at radius 2 is 1.46 bits per heavy atom. The summed E-state index contributed by atoms with van der Waals surface area (Å²) in [6.07, 6.45) is 5.67. The van der Waals surface area contributed by atoms with Crippen molar-refractivity contribution in [1.29, 1.82) is 0 Å². The molecule has 1 aliphatic rings. The molecule has 2 nitrogen and oxygen atoms in total. The fraction of sp³-hybridized carbons (Fsp3) is 0.455. The van der Waals surface area contributed by atoms with Crippen LogP contribution in [0.5, 0.6) is 0 Å². The molecule has 0 amide bonds. The zero-order chi connectivity index (χ0) is 9.52. The topological polar surface area (TPSA) is 40.5 Å². The summed E-state index contributed by atoms with van der Waals surface area (Å²) in [6.45, 7) is 0. The predicted octanol–water partition coefficient (Wildman–Crippen LogP) is 3.36. The molecule has 0 spiro atoms. The largest absolute Gasteiger partial charge is 0.255 e. The van der Waals surface area contributed by atoms with Crippen LogP contribution >= 0.6 is 0 Å². The summed E-state index contributed by atoms with van der Waals surface area (Å²) in [7, 11) is 0. The fourth-order valence-corrected chi connectivity index (χ4v) is 1.98. The van der Waals surface area contributed by atoms with Crippen LogP contribution in [-0.2, 0) is 0 Å². The maximum Gasteiger partial charge on any atom is -0.0162 e. The second-order valence-electron chi connectivity index (χ2n) is 3.39. The smallest absolute Gasteiger partial charge is 0.0162 e. The predicted molar refractivity (Wildman–Crippen MR) is 52.9 cm³/mol. The second-order valence-corrected chi connectivity index (χ2v) is 3.39. The van der Waals surface area contributed by atoms with Gasteiger partial charge in [-0.15, -0.1) is 0 Å². The third-order valence-electron chi connectivity index (χ3n) is 2.63. The Morgan fingerprint density at radius 1 is 0.923 bits per heavy atom. The molecule has 2 N–H and O–H groups in total. The lowest BCUT2D eigenvalue weighted by Crippen LogP contribution is -1.89. The van der Waals surface area contributed by atoms with E-state index in [9.17, 15) is 0 Å². The van der Waals surface area contributed by atoms with Gasteiger partial charge >= 0.3 is 0 Å². The minimum Gasteiger partial charge on any atom is -0.255 e. The Morgan fingerprint density at radius 3 is 2.00 bits per heavy atom. The van der Waals surface area contributed by atoms with Crippen molar-refractivity contribution in [2.24, 2.45) is 0 Å². The standard InChI is InChI=1S/C11H14.H2O2/c1-2-6-10(7-3-1)11-8-4-5-9-11;1-2/h1-3,6-7,11H,4-5,8-9H2;1-2H. The highest BCUT2D eigenvalue weighted by Crippen LogP contribution is 2.33. The van der Waals surface area contributed by atoms with Crippen LogP contribution in [0, 0.1) is 0 Å². The monoisotopic (exact) mass is 180 g/mol. The molecule has 72 valence electrons. The van der Waals surface area contributed by atoms with Gasteiger partial charge in [0.05, 0.1) is 0 Å². The molecule has 0 aromatic heterocycles. The molecule has 1 aromatic carbocycles. The third-order valence-corrected chi connectivity index (χ3v) is 2.63. The summed E-state index contributed by atoms with van der Waals surface area (Å²) in [5.41, 5.74) is 1.55. The number of hydrogen-bond acceptors (Lipinski definition) is 2. The molecule has 1 aromatic rings. The van der Waals surface area contributed by atoms with Crippen molar-refractivity contribution in [1.82, 2.24) is 0 Å². The van der Waals surface area contributed by atoms with Crippen LogP contribution in [0.15, 0.2) is 30.3 Å². The molecule has 1 saturated carbocycles. The lowest BCUT2D eigenvalue weighted by Gasteiger charge is -2.07. The number of benzene rings is 1. The van der Waals surface area contributed by atoms with E-state index >= 15 is 0 Å². The first-order chi connectivity index (χ1) is 6.47. The summed E-state index contributed by atoms with van der Waals surface area (Å²) in [4.78, 5) is 0. The molecule has 13 heavy (non-hydrogen) atoms. The van der Waals surface area contributed by atoms with Gasteiger partial charge in [-0.25, -0.2) is 0 Å². The zero-order valence-corrected chi connectivity index (χ0v) is 7.69. The molecule has 2 rings (SSSR count). The first-order valence-corrected chi connectivity index (χ1v) is 4.72. The zero-order valence-electron chi connectivity index (χ0n) is 7.69. The number of rotatable bonds is 1. The van der Waals surface area contributed by atoms with Crippen LogP contribution in [0.3, 0.4) is 0 Å². The van der Waals surface area contributed by atoms with Gasteiger partial charge in [-0.2, -0.15) is 0 Å². The van der Waals surface area contributed by atoms with E-state index in [0.29, 0.717) is 0 Å². The van der Waals surface area contributed by atoms with E-state index in [-0.39, 0.29) is 0 Å². The summed E-state index contributed by atoms with van der Waals surface area (Å²) in [5, 5.41) is 12.0. The molecule has 0 radical (unpaired) electrons. The van der Waals surface area contributed by atoms with Crippen molar-refractivity contribution in [2.75, 3.05) is 0 Å². The lowest BCUT2D eigenvalue weighted by molar-refractivity contribution is -0.176. The van der Waals surface area contributed by atoms with Crippen LogP contribution in [0.4, 0.5) is 0 Å². The van der Waals surface area contributed by atoms with Crippen molar-refractivity contribution in [3.05, 3.63) is 35.9 Å². The third kappa shape index (κ3) is 2.83. The van der Waals surface area contributed by atoms with Crippen LogP contribution in [-0.4, -0.2) is 10.5 Å². The minimum atomic E-state index is 0.871. The Balaban J connectivity index is 0.000000396. The van der Waals surface area contributed by atoms with E-state index in [1.807, 2.05) is 0 Å². The highest BCUT2D eigenvalue weighted by Gasteiger charge is 2.15. The molecule has 0 unspecified atom stereocenters. The molecular weight excluding hydrogens is 164 g/mol. The Bertz CT molecular complexity index is 215. The van der Waals surface area contributed by atoms with E-state index < -0.39 is 0 Å². The Labute approximate surface area is 78.8 Å². The van der Waals surface area contributed by atoms with Crippen LogP contribution in [0.1, 0.15) is 37.2 Å². The van der Waals surface area contributed by atoms with Crippen molar-refractivity contribution < 1.29 is 10.5 Å². The van der Waals surface area contributed by atoms with Gasteiger partial charge in [0.25, 0.3) is 0 Å². The quantitative estimate of drug-likeness (QED) is 0.514. The van der Waals surface area contributed by atoms with Crippen LogP contribution in [0.25, 0.3) is 0 Å². The molecule has 2 heteroatoms. The van der Waals surface area contributed by atoms with Gasteiger partial charge in [-0.3, -0.25) is 10.5 Å². The summed E-state index contributed by atoms with van der Waals surface area (Å²) >= 11 is 0. The van der Waals surface area contributed by atoms with Gasteiger partial charge in [0, 0.05) is 0 Å². The molecule has 0 atom stereocenters. The number of hydrogen-bond donors (Lipinski definition) is 2. The van der Waals surface area contributed by atoms with Crippen molar-refractivity contribution in [3.63, 3.8) is 0 Å². The van der Waals surface area contributed by atoms with Crippen molar-refractivity contribution in [2.45, 2.75) is 31.6 Å². The molecule has 0 heterocycles. The fourth-order valence-electron chi connectivity index (χ4n) is 1.98. The van der Waals surface area contributed by atoms with E-state index in [1.54, 1.807) is 5.56 Å². The molecule has 0 bridgehead atoms. The molecule has 0 saturated heterocycles. The van der Waals surface area contributed by atoms with Gasteiger partial charge in [0.2, 0.25) is 0 Å². The maximum absolute atomic E-state index is 6.00. The van der Waals surface area contributed by atoms with Crippen LogP contribution in [0.2, 0.25) is 0 Å². The molecule has 1 fully saturated rings. The van der Waals surface area contributed by atoms with Crippen LogP contribution < -0.4 is 0 Å². The summed E-state index contributed by atoms with van der Waals surface area (Å²) in [6, 6.07) is 10.9. The highest BCUT2D eigenvalue weighted by atomic mass is 17.0.